The summed E-state index contributed by atoms with van der Waals surface area (Å²) in [6.07, 6.45) is 42.0. The van der Waals surface area contributed by atoms with Crippen LogP contribution in [0.15, 0.2) is 118 Å². The Balaban J connectivity index is 0.000000281. The van der Waals surface area contributed by atoms with Gasteiger partial charge < -0.3 is 52.5 Å². The molecule has 12 aliphatic rings. The van der Waals surface area contributed by atoms with E-state index in [1.807, 2.05) is 26.0 Å². The second-order valence-electron chi connectivity index (χ2n) is 47.8. The number of likely N-dealkylation sites (tertiary alicyclic amines) is 3. The van der Waals surface area contributed by atoms with E-state index in [9.17, 15) is 34.5 Å². The van der Waals surface area contributed by atoms with Gasteiger partial charge in [0.1, 0.15) is 6.29 Å². The normalized spacial score (nSPS) is 34.6. The molecular weight excluding hydrogens is 1630 g/mol. The molecule has 3 saturated heterocycles. The summed E-state index contributed by atoms with van der Waals surface area (Å²) < 4.78 is 28.2. The van der Waals surface area contributed by atoms with Crippen LogP contribution in [0.4, 0.5) is 0 Å². The maximum absolute atomic E-state index is 12.8. The molecule has 0 bridgehead atoms. The lowest BCUT2D eigenvalue weighted by Crippen LogP contribution is -2.49. The van der Waals surface area contributed by atoms with Gasteiger partial charge in [-0.2, -0.15) is 0 Å². The summed E-state index contributed by atoms with van der Waals surface area (Å²) in [5, 5.41) is 32.2. The van der Waals surface area contributed by atoms with E-state index in [0.717, 1.165) is 118 Å². The van der Waals surface area contributed by atoms with Crippen LogP contribution in [0.5, 0.6) is 0 Å². The van der Waals surface area contributed by atoms with E-state index in [-0.39, 0.29) is 113 Å². The maximum atomic E-state index is 12.8. The van der Waals surface area contributed by atoms with E-state index in [1.165, 1.54) is 100 Å². The van der Waals surface area contributed by atoms with Crippen molar-refractivity contribution in [3.63, 3.8) is 0 Å². The van der Waals surface area contributed by atoms with Crippen LogP contribution in [-0.2, 0) is 36.9 Å². The molecular formula is C108H189N3O11Si4. The standard InChI is InChI=1S/C39H69NO4Si2.C34H60O3Si2.C27H39NO3.C5H9NO.3CH4/c1-26-29(24-30(43-45(11,12)37(3,4)5)25-34(26)44-46(13,14)38(6,7)8)18-17-28-16-15-22-39(9)32(19-20-33(28)39)27(2)35(41)31-21-23-40(10)36(31)42;1-24(23-35)29-18-19-30-26(15-14-20-34(29,30)9)16-17-27-21-28(36-38(10,11)32(3,4)5)22-31(25(27)2)37-39(12,13)33(6,7)8;1-17(14-21-11-13-28(4)26(21)31)23-9-10-24-19(6-5-12-27(23,24)3)7-8-20-15-22(29)16-25(30)18(20)2;1-6-4-2-3-5(6)7;;;/h17-18,27,30-35,41H,1,15-16,19-25H2,2-14H3;16-17,23-24,28-31H,2,14-15,18-22H2,1,3-13H3;7-8,14,17,22-25,29-30H,2,5-6,9-13,15-16H2,1,3-4H3;2-4H2,1H3;3*1H4/b28-17+,29-18-;26-16+,27-17-;19-7+,20-8-,21-14+;;;;/t27-,30+,31?,32+,33?,34-,35?,39+;24-,28-,29-,30?,31+,34-;17-,22-,23-,24?,25+,27-;;;;/m011..../s1. The number of carbonyl (C=O) groups is 4. The van der Waals surface area contributed by atoms with Crippen molar-refractivity contribution in [1.29, 1.82) is 0 Å². The van der Waals surface area contributed by atoms with Crippen LogP contribution in [0.3, 0.4) is 0 Å². The Morgan fingerprint density at radius 1 is 0.444 bits per heavy atom. The van der Waals surface area contributed by atoms with Gasteiger partial charge in [-0.05, 0) is 304 Å². The molecule has 14 nitrogen and oxygen atoms in total. The van der Waals surface area contributed by atoms with Gasteiger partial charge in [0.25, 0.3) is 0 Å². The molecule has 718 valence electrons. The fourth-order valence-electron chi connectivity index (χ4n) is 23.4. The first-order valence-corrected chi connectivity index (χ1v) is 60.3. The Labute approximate surface area is 776 Å². The SMILES string of the molecule is C.C.C.C=C1/C(=C\C=C2/CCC[C@@]3(C)C2CC[C@@H]3[C@H](C)/C=C2\CCN(C)C2=O)C[C@@H](O)C[C@@H]1O.C=C1/C(=C\C=C2/CCC[C@@]3(C)C2CC[C@@H]3[C@H](C)C(O)C2CCN(C)C2=O)C[C@@H](O[Si](C)(C)C(C)(C)C)C[C@@H]1O[Si](C)(C)C(C)(C)C.C=C1/C(=C\C=C2/CCC[C@@]3(C)C2CC[C@@H]3[C@H](C)C=O)C[C@@H](O[Si](C)(C)C(C)(C)C)C[C@@H]1O[Si](C)(C)C(C)(C)C.CN1CCCC1=O. The number of hydrogen-bond acceptors (Lipinski definition) is 11. The lowest BCUT2D eigenvalue weighted by atomic mass is 9.60. The molecule has 0 radical (unpaired) electrons. The minimum absolute atomic E-state index is 0. The van der Waals surface area contributed by atoms with Crippen LogP contribution in [0, 0.1) is 75.4 Å². The number of likely N-dealkylation sites (N-methyl/N-ethyl adjacent to an activating group) is 1. The van der Waals surface area contributed by atoms with Crippen molar-refractivity contribution in [3.05, 3.63) is 118 Å². The van der Waals surface area contributed by atoms with E-state index >= 15 is 0 Å². The van der Waals surface area contributed by atoms with Gasteiger partial charge in [-0.3, -0.25) is 14.4 Å². The molecule has 5 unspecified atom stereocenters. The third-order valence-corrected chi connectivity index (χ3v) is 53.5. The second-order valence-corrected chi connectivity index (χ2v) is 66.9. The number of aldehydes is 1. The summed E-state index contributed by atoms with van der Waals surface area (Å²) in [7, 11) is -2.25. The van der Waals surface area contributed by atoms with E-state index in [0.29, 0.717) is 60.2 Å². The van der Waals surface area contributed by atoms with Crippen LogP contribution >= 0.6 is 0 Å². The molecule has 0 aromatic rings. The highest BCUT2D eigenvalue weighted by Crippen LogP contribution is 2.63. The van der Waals surface area contributed by atoms with Crippen LogP contribution in [0.25, 0.3) is 0 Å². The predicted molar refractivity (Wildman–Crippen MR) is 541 cm³/mol. The van der Waals surface area contributed by atoms with Gasteiger partial charge in [0.05, 0.1) is 48.6 Å². The zero-order chi connectivity index (χ0) is 91.8. The number of rotatable bonds is 18. The first-order chi connectivity index (χ1) is 56.7. The third kappa shape index (κ3) is 25.0. The fourth-order valence-corrected chi connectivity index (χ4v) is 28.7. The third-order valence-electron chi connectivity index (χ3n) is 35.5. The zero-order valence-electron chi connectivity index (χ0n) is 83.3. The Hall–Kier alpha value is -3.93. The van der Waals surface area contributed by atoms with Gasteiger partial charge >= 0.3 is 0 Å². The molecule has 126 heavy (non-hydrogen) atoms. The van der Waals surface area contributed by atoms with Crippen molar-refractivity contribution in [1.82, 2.24) is 14.7 Å². The van der Waals surface area contributed by atoms with Crippen molar-refractivity contribution < 1.29 is 52.2 Å². The molecule has 12 rings (SSSR count). The first-order valence-electron chi connectivity index (χ1n) is 48.7. The molecule has 0 aromatic heterocycles. The van der Waals surface area contributed by atoms with Gasteiger partial charge in [0, 0.05) is 78.0 Å². The van der Waals surface area contributed by atoms with Crippen LogP contribution in [0.1, 0.15) is 307 Å². The molecule has 20 atom stereocenters. The largest absolute Gasteiger partial charge is 0.413 e. The highest BCUT2D eigenvalue weighted by Gasteiger charge is 2.56. The number of allylic oxidation sites excluding steroid dienone is 10. The summed E-state index contributed by atoms with van der Waals surface area (Å²) in [6.45, 7) is 76.7. The van der Waals surface area contributed by atoms with Gasteiger partial charge in [-0.15, -0.1) is 0 Å². The molecule has 9 saturated carbocycles. The van der Waals surface area contributed by atoms with Crippen LogP contribution in [0.2, 0.25) is 72.5 Å². The Morgan fingerprint density at radius 3 is 1.17 bits per heavy atom. The molecule has 3 amide bonds. The fraction of sp³-hybridized carbons (Fsp3) is 0.778. The topological polar surface area (TPSA) is 176 Å². The van der Waals surface area contributed by atoms with Gasteiger partial charge in [0.15, 0.2) is 33.3 Å². The van der Waals surface area contributed by atoms with Gasteiger partial charge in [-0.25, -0.2) is 0 Å². The minimum Gasteiger partial charge on any atom is -0.413 e. The Morgan fingerprint density at radius 2 is 0.825 bits per heavy atom. The molecule has 0 spiro atoms. The predicted octanol–water partition coefficient (Wildman–Crippen LogP) is 26.4. The Bertz CT molecular complexity index is 4020. The van der Waals surface area contributed by atoms with E-state index < -0.39 is 51.6 Å². The molecule has 12 fully saturated rings. The highest BCUT2D eigenvalue weighted by molar-refractivity contribution is 6.75. The van der Waals surface area contributed by atoms with Crippen molar-refractivity contribution in [2.45, 2.75) is 423 Å². The quantitative estimate of drug-likeness (QED) is 0.0676. The second kappa shape index (κ2) is 43.2. The molecule has 18 heteroatoms. The average Bonchev–Trinajstić information content (AvgIpc) is 1.51. The van der Waals surface area contributed by atoms with Crippen molar-refractivity contribution in [2.24, 2.45) is 75.4 Å². The summed E-state index contributed by atoms with van der Waals surface area (Å²) in [5.74, 6) is 4.29. The van der Waals surface area contributed by atoms with Gasteiger partial charge in [0.2, 0.25) is 17.7 Å². The number of fused-ring (bicyclic) bond motifs is 3. The number of aliphatic hydroxyl groups is 3. The molecule has 9 aliphatic carbocycles. The number of amides is 3. The van der Waals surface area contributed by atoms with Gasteiger partial charge in [-0.1, -0.05) is 226 Å². The first kappa shape index (κ1) is 111. The molecule has 3 N–H and O–H groups in total. The molecule has 3 aliphatic heterocycles. The van der Waals surface area contributed by atoms with Crippen molar-refractivity contribution >= 4 is 57.3 Å². The number of aliphatic hydroxyl groups excluding tert-OH is 3. The summed E-state index contributed by atoms with van der Waals surface area (Å²) in [6, 6.07) is 0. The summed E-state index contributed by atoms with van der Waals surface area (Å²) >= 11 is 0. The molecule has 3 heterocycles. The van der Waals surface area contributed by atoms with Crippen LogP contribution in [-0.4, -0.2) is 171 Å². The van der Waals surface area contributed by atoms with Crippen LogP contribution < -0.4 is 0 Å². The number of hydrogen-bond donors (Lipinski definition) is 3. The summed E-state index contributed by atoms with van der Waals surface area (Å²) in [5.41, 5.74) is 13.0. The van der Waals surface area contributed by atoms with E-state index in [1.54, 1.807) is 20.9 Å². The van der Waals surface area contributed by atoms with Crippen molar-refractivity contribution in [3.8, 4) is 0 Å². The lowest BCUT2D eigenvalue weighted by Gasteiger charge is -2.46. The smallest absolute Gasteiger partial charge is 0.249 e. The maximum Gasteiger partial charge on any atom is 0.249 e. The lowest BCUT2D eigenvalue weighted by molar-refractivity contribution is -0.135. The number of carbonyl (C=O) groups excluding carboxylic acids is 4. The van der Waals surface area contributed by atoms with E-state index in [2.05, 4.69) is 239 Å². The minimum atomic E-state index is -2.01. The Kier molecular flexibility index (Phi) is 38.0. The average molecular weight is 1820 g/mol. The zero-order valence-corrected chi connectivity index (χ0v) is 87.3. The van der Waals surface area contributed by atoms with E-state index in [4.69, 9.17) is 17.7 Å². The monoisotopic (exact) mass is 1820 g/mol. The summed E-state index contributed by atoms with van der Waals surface area (Å²) in [4.78, 5) is 52.7. The molecule has 0 aromatic carbocycles. The number of nitrogens with zero attached hydrogens (tertiary/aromatic N) is 3. The van der Waals surface area contributed by atoms with Crippen molar-refractivity contribution in [2.75, 3.05) is 40.8 Å². The highest BCUT2D eigenvalue weighted by atomic mass is 28.4.